The van der Waals surface area contributed by atoms with E-state index in [2.05, 4.69) is 11.4 Å². The molecule has 1 N–H and O–H groups in total. The monoisotopic (exact) mass is 336 g/mol. The number of likely N-dealkylation sites (tertiary alicyclic amines) is 1. The maximum absolute atomic E-state index is 12.5. The van der Waals surface area contributed by atoms with Crippen LogP contribution in [0.15, 0.2) is 54.6 Å². The molecule has 1 aliphatic rings. The van der Waals surface area contributed by atoms with Crippen molar-refractivity contribution >= 4 is 11.8 Å². The van der Waals surface area contributed by atoms with Gasteiger partial charge in [-0.2, -0.15) is 0 Å². The Morgan fingerprint density at radius 2 is 1.96 bits per heavy atom. The van der Waals surface area contributed by atoms with Gasteiger partial charge in [-0.05, 0) is 25.0 Å². The second kappa shape index (κ2) is 7.51. The lowest BCUT2D eigenvalue weighted by Crippen LogP contribution is -2.33. The Morgan fingerprint density at radius 1 is 1.20 bits per heavy atom. The van der Waals surface area contributed by atoms with Gasteiger partial charge in [0.1, 0.15) is 0 Å². The number of nitrogens with one attached hydrogen (secondary N) is 1. The van der Waals surface area contributed by atoms with E-state index in [0.717, 1.165) is 11.1 Å². The predicted octanol–water partition coefficient (Wildman–Crippen LogP) is 3.22. The van der Waals surface area contributed by atoms with E-state index in [1.807, 2.05) is 67.3 Å². The number of benzene rings is 2. The molecule has 0 aromatic heterocycles. The van der Waals surface area contributed by atoms with Crippen LogP contribution in [0.3, 0.4) is 0 Å². The smallest absolute Gasteiger partial charge is 0.225 e. The molecular weight excluding hydrogens is 312 g/mol. The molecular formula is C21H24N2O2. The summed E-state index contributed by atoms with van der Waals surface area (Å²) < 4.78 is 0. The summed E-state index contributed by atoms with van der Waals surface area (Å²) in [4.78, 5) is 26.6. The zero-order valence-corrected chi connectivity index (χ0v) is 14.7. The minimum Gasteiger partial charge on any atom is -0.352 e. The van der Waals surface area contributed by atoms with E-state index in [1.54, 1.807) is 0 Å². The molecule has 4 nitrogen and oxygen atoms in total. The van der Waals surface area contributed by atoms with Gasteiger partial charge in [0.05, 0.1) is 12.0 Å². The molecule has 2 amide bonds. The van der Waals surface area contributed by atoms with Crippen molar-refractivity contribution in [1.29, 1.82) is 0 Å². The van der Waals surface area contributed by atoms with Crippen molar-refractivity contribution in [3.63, 3.8) is 0 Å². The Morgan fingerprint density at radius 3 is 2.68 bits per heavy atom. The first kappa shape index (κ1) is 17.2. The van der Waals surface area contributed by atoms with Gasteiger partial charge < -0.3 is 10.2 Å². The van der Waals surface area contributed by atoms with Crippen molar-refractivity contribution in [3.8, 4) is 0 Å². The van der Waals surface area contributed by atoms with Gasteiger partial charge in [0.15, 0.2) is 0 Å². The quantitative estimate of drug-likeness (QED) is 0.911. The average Bonchev–Trinajstić information content (AvgIpc) is 3.02. The fourth-order valence-corrected chi connectivity index (χ4v) is 3.35. The van der Waals surface area contributed by atoms with E-state index in [-0.39, 0.29) is 30.2 Å². The van der Waals surface area contributed by atoms with Crippen molar-refractivity contribution in [2.45, 2.75) is 32.9 Å². The summed E-state index contributed by atoms with van der Waals surface area (Å²) in [7, 11) is 0. The van der Waals surface area contributed by atoms with Gasteiger partial charge in [0, 0.05) is 19.5 Å². The van der Waals surface area contributed by atoms with E-state index in [1.165, 1.54) is 5.56 Å². The third-order valence-corrected chi connectivity index (χ3v) is 4.83. The van der Waals surface area contributed by atoms with E-state index >= 15 is 0 Å². The first-order valence-corrected chi connectivity index (χ1v) is 8.72. The van der Waals surface area contributed by atoms with Crippen LogP contribution in [0.4, 0.5) is 0 Å². The first-order valence-electron chi connectivity index (χ1n) is 8.72. The fourth-order valence-electron chi connectivity index (χ4n) is 3.35. The van der Waals surface area contributed by atoms with Gasteiger partial charge >= 0.3 is 0 Å². The van der Waals surface area contributed by atoms with Gasteiger partial charge in [0.25, 0.3) is 0 Å². The van der Waals surface area contributed by atoms with Crippen LogP contribution in [0, 0.1) is 12.8 Å². The average molecular weight is 336 g/mol. The number of rotatable bonds is 5. The minimum absolute atomic E-state index is 0.0109. The molecule has 2 aromatic carbocycles. The Bertz CT molecular complexity index is 758. The summed E-state index contributed by atoms with van der Waals surface area (Å²) in [6.45, 7) is 5.03. The van der Waals surface area contributed by atoms with E-state index in [9.17, 15) is 9.59 Å². The standard InChI is InChI=1S/C21H24N2O2/c1-15-7-6-8-17(11-15)13-22-21(25)19-12-20(24)23(14-19)16(2)18-9-4-3-5-10-18/h3-11,16,19H,12-14H2,1-2H3,(H,22,25). The zero-order valence-electron chi connectivity index (χ0n) is 14.7. The molecule has 1 fully saturated rings. The molecule has 4 heteroatoms. The topological polar surface area (TPSA) is 49.4 Å². The lowest BCUT2D eigenvalue weighted by atomic mass is 10.1. The summed E-state index contributed by atoms with van der Waals surface area (Å²) in [5.74, 6) is -0.270. The second-order valence-electron chi connectivity index (χ2n) is 6.74. The SMILES string of the molecule is Cc1cccc(CNC(=O)C2CC(=O)N(C(C)c3ccccc3)C2)c1. The molecule has 1 saturated heterocycles. The molecule has 2 aromatic rings. The summed E-state index contributed by atoms with van der Waals surface area (Å²) in [6, 6.07) is 18.0. The molecule has 2 unspecified atom stereocenters. The normalized spacial score (nSPS) is 18.2. The van der Waals surface area contributed by atoms with Crippen LogP contribution in [0.2, 0.25) is 0 Å². The molecule has 1 aliphatic heterocycles. The van der Waals surface area contributed by atoms with Crippen LogP contribution >= 0.6 is 0 Å². The minimum atomic E-state index is -0.275. The number of hydrogen-bond donors (Lipinski definition) is 1. The molecule has 0 aliphatic carbocycles. The van der Waals surface area contributed by atoms with Gasteiger partial charge in [-0.15, -0.1) is 0 Å². The third-order valence-electron chi connectivity index (χ3n) is 4.83. The molecule has 0 saturated carbocycles. The van der Waals surface area contributed by atoms with E-state index < -0.39 is 0 Å². The Hall–Kier alpha value is -2.62. The van der Waals surface area contributed by atoms with Crippen LogP contribution in [-0.2, 0) is 16.1 Å². The highest BCUT2D eigenvalue weighted by molar-refractivity contribution is 5.89. The predicted molar refractivity (Wildman–Crippen MR) is 97.7 cm³/mol. The van der Waals surface area contributed by atoms with Crippen LogP contribution in [0.25, 0.3) is 0 Å². The maximum Gasteiger partial charge on any atom is 0.225 e. The van der Waals surface area contributed by atoms with Crippen molar-refractivity contribution in [3.05, 3.63) is 71.3 Å². The maximum atomic E-state index is 12.5. The molecule has 2 atom stereocenters. The van der Waals surface area contributed by atoms with Gasteiger partial charge in [-0.1, -0.05) is 60.2 Å². The summed E-state index contributed by atoms with van der Waals surface area (Å²) in [5, 5.41) is 2.97. The van der Waals surface area contributed by atoms with Gasteiger partial charge in [-0.25, -0.2) is 0 Å². The van der Waals surface area contributed by atoms with Gasteiger partial charge in [-0.3, -0.25) is 9.59 Å². The van der Waals surface area contributed by atoms with Crippen molar-refractivity contribution < 1.29 is 9.59 Å². The summed E-state index contributed by atoms with van der Waals surface area (Å²) in [6.07, 6.45) is 0.289. The number of aryl methyl sites for hydroxylation is 1. The van der Waals surface area contributed by atoms with Crippen LogP contribution in [0.1, 0.15) is 36.1 Å². The number of carbonyl (C=O) groups is 2. The molecule has 0 radical (unpaired) electrons. The Kier molecular flexibility index (Phi) is 5.17. The highest BCUT2D eigenvalue weighted by atomic mass is 16.2. The van der Waals surface area contributed by atoms with Crippen LogP contribution in [-0.4, -0.2) is 23.3 Å². The Balaban J connectivity index is 1.59. The molecule has 1 heterocycles. The van der Waals surface area contributed by atoms with Crippen LogP contribution in [0.5, 0.6) is 0 Å². The van der Waals surface area contributed by atoms with Crippen molar-refractivity contribution in [1.82, 2.24) is 10.2 Å². The highest BCUT2D eigenvalue weighted by Gasteiger charge is 2.36. The van der Waals surface area contributed by atoms with E-state index in [0.29, 0.717) is 13.1 Å². The third kappa shape index (κ3) is 4.08. The zero-order chi connectivity index (χ0) is 17.8. The number of hydrogen-bond acceptors (Lipinski definition) is 2. The first-order chi connectivity index (χ1) is 12.0. The van der Waals surface area contributed by atoms with E-state index in [4.69, 9.17) is 0 Å². The molecule has 130 valence electrons. The summed E-state index contributed by atoms with van der Waals surface area (Å²) in [5.41, 5.74) is 3.34. The van der Waals surface area contributed by atoms with Crippen molar-refractivity contribution in [2.75, 3.05) is 6.54 Å². The number of nitrogens with zero attached hydrogens (tertiary/aromatic N) is 1. The number of amides is 2. The van der Waals surface area contributed by atoms with Gasteiger partial charge in [0.2, 0.25) is 11.8 Å². The number of carbonyl (C=O) groups excluding carboxylic acids is 2. The second-order valence-corrected chi connectivity index (χ2v) is 6.74. The highest BCUT2D eigenvalue weighted by Crippen LogP contribution is 2.28. The van der Waals surface area contributed by atoms with Crippen LogP contribution < -0.4 is 5.32 Å². The summed E-state index contributed by atoms with van der Waals surface area (Å²) >= 11 is 0. The molecule has 0 bridgehead atoms. The fraction of sp³-hybridized carbons (Fsp3) is 0.333. The molecule has 3 rings (SSSR count). The Labute approximate surface area is 148 Å². The lowest BCUT2D eigenvalue weighted by molar-refractivity contribution is -0.130. The van der Waals surface area contributed by atoms with Crippen molar-refractivity contribution in [2.24, 2.45) is 5.92 Å². The molecule has 25 heavy (non-hydrogen) atoms. The molecule has 0 spiro atoms. The lowest BCUT2D eigenvalue weighted by Gasteiger charge is -2.25. The largest absolute Gasteiger partial charge is 0.352 e.